The summed E-state index contributed by atoms with van der Waals surface area (Å²) in [4.78, 5) is 12.8. The van der Waals surface area contributed by atoms with Gasteiger partial charge in [0.05, 0.1) is 11.2 Å². The summed E-state index contributed by atoms with van der Waals surface area (Å²) in [5.41, 5.74) is 0. The minimum Gasteiger partial charge on any atom is -0.469 e. The summed E-state index contributed by atoms with van der Waals surface area (Å²) in [6.45, 7) is 2.67. The lowest BCUT2D eigenvalue weighted by atomic mass is 9.96. The monoisotopic (exact) mass is 376 g/mol. The molecule has 1 aromatic carbocycles. The first-order chi connectivity index (χ1) is 12.5. The molecule has 1 aliphatic heterocycles. The molecule has 1 amide bonds. The molecule has 2 heterocycles. The average molecular weight is 376 g/mol. The van der Waals surface area contributed by atoms with Crippen LogP contribution in [-0.2, 0) is 21.2 Å². The van der Waals surface area contributed by atoms with E-state index in [2.05, 4.69) is 5.32 Å². The summed E-state index contributed by atoms with van der Waals surface area (Å²) in [6, 6.07) is 12.1. The number of nitrogens with one attached hydrogen (secondary N) is 1. The van der Waals surface area contributed by atoms with Gasteiger partial charge in [-0.15, -0.1) is 0 Å². The minimum absolute atomic E-state index is 0.0131. The van der Waals surface area contributed by atoms with E-state index in [4.69, 9.17) is 4.42 Å². The van der Waals surface area contributed by atoms with Crippen LogP contribution in [0, 0.1) is 5.92 Å². The Morgan fingerprint density at radius 2 is 1.88 bits per heavy atom. The SMILES string of the molecule is CC(Cc1ccco1)NC(=O)C1CCN(S(=O)(=O)c2ccccc2)CC1. The van der Waals surface area contributed by atoms with Gasteiger partial charge in [0, 0.05) is 31.5 Å². The molecule has 2 aromatic rings. The van der Waals surface area contributed by atoms with E-state index in [0.717, 1.165) is 5.76 Å². The summed E-state index contributed by atoms with van der Waals surface area (Å²) >= 11 is 0. The third kappa shape index (κ3) is 4.34. The van der Waals surface area contributed by atoms with Gasteiger partial charge in [-0.05, 0) is 44.0 Å². The molecule has 0 spiro atoms. The van der Waals surface area contributed by atoms with Gasteiger partial charge < -0.3 is 9.73 Å². The highest BCUT2D eigenvalue weighted by molar-refractivity contribution is 7.89. The van der Waals surface area contributed by atoms with Crippen LogP contribution in [0.1, 0.15) is 25.5 Å². The lowest BCUT2D eigenvalue weighted by Crippen LogP contribution is -2.45. The van der Waals surface area contributed by atoms with Crippen molar-refractivity contribution in [3.8, 4) is 0 Å². The van der Waals surface area contributed by atoms with E-state index in [1.165, 1.54) is 4.31 Å². The van der Waals surface area contributed by atoms with Crippen LogP contribution in [0.2, 0.25) is 0 Å². The Kier molecular flexibility index (Phi) is 5.78. The van der Waals surface area contributed by atoms with Crippen molar-refractivity contribution < 1.29 is 17.6 Å². The van der Waals surface area contributed by atoms with E-state index in [1.54, 1.807) is 36.6 Å². The molecule has 6 nitrogen and oxygen atoms in total. The molecule has 0 radical (unpaired) electrons. The van der Waals surface area contributed by atoms with Crippen molar-refractivity contribution in [2.75, 3.05) is 13.1 Å². The summed E-state index contributed by atoms with van der Waals surface area (Å²) in [7, 11) is -3.48. The molecule has 0 aliphatic carbocycles. The summed E-state index contributed by atoms with van der Waals surface area (Å²) in [5.74, 6) is 0.665. The molecule has 1 unspecified atom stereocenters. The van der Waals surface area contributed by atoms with Crippen LogP contribution < -0.4 is 5.32 Å². The maximum atomic E-state index is 12.6. The number of sulfonamides is 1. The molecule has 1 saturated heterocycles. The maximum absolute atomic E-state index is 12.6. The second-order valence-electron chi connectivity index (χ2n) is 6.68. The van der Waals surface area contributed by atoms with Crippen molar-refractivity contribution in [3.63, 3.8) is 0 Å². The number of carbonyl (C=O) groups is 1. The van der Waals surface area contributed by atoms with E-state index >= 15 is 0 Å². The van der Waals surface area contributed by atoms with Crippen LogP contribution >= 0.6 is 0 Å². The molecule has 26 heavy (non-hydrogen) atoms. The Labute approximate surface area is 154 Å². The molecule has 0 saturated carbocycles. The molecule has 1 atom stereocenters. The average Bonchev–Trinajstić information content (AvgIpc) is 3.15. The van der Waals surface area contributed by atoms with Gasteiger partial charge in [-0.25, -0.2) is 8.42 Å². The smallest absolute Gasteiger partial charge is 0.243 e. The van der Waals surface area contributed by atoms with Crippen molar-refractivity contribution in [2.45, 2.75) is 37.1 Å². The lowest BCUT2D eigenvalue weighted by Gasteiger charge is -2.31. The highest BCUT2D eigenvalue weighted by atomic mass is 32.2. The predicted molar refractivity (Wildman–Crippen MR) is 97.9 cm³/mol. The number of amides is 1. The predicted octanol–water partition coefficient (Wildman–Crippen LogP) is 2.43. The number of furan rings is 1. The zero-order chi connectivity index (χ0) is 18.6. The first-order valence-electron chi connectivity index (χ1n) is 8.85. The molecule has 7 heteroatoms. The molecule has 1 N–H and O–H groups in total. The summed E-state index contributed by atoms with van der Waals surface area (Å²) < 4.78 is 32.0. The third-order valence-electron chi connectivity index (χ3n) is 4.68. The fourth-order valence-corrected chi connectivity index (χ4v) is 4.73. The second-order valence-corrected chi connectivity index (χ2v) is 8.62. The van der Waals surface area contributed by atoms with Crippen molar-refractivity contribution in [2.24, 2.45) is 5.92 Å². The topological polar surface area (TPSA) is 79.6 Å². The number of hydrogen-bond donors (Lipinski definition) is 1. The van der Waals surface area contributed by atoms with Gasteiger partial charge in [0.25, 0.3) is 0 Å². The Hall–Kier alpha value is -2.12. The van der Waals surface area contributed by atoms with Crippen LogP contribution in [-0.4, -0.2) is 37.8 Å². The normalized spacial score (nSPS) is 17.7. The zero-order valence-corrected chi connectivity index (χ0v) is 15.6. The molecule has 1 aromatic heterocycles. The van der Waals surface area contributed by atoms with E-state index < -0.39 is 10.0 Å². The first kappa shape index (κ1) is 18.7. The van der Waals surface area contributed by atoms with Gasteiger partial charge in [0.2, 0.25) is 15.9 Å². The highest BCUT2D eigenvalue weighted by Crippen LogP contribution is 2.24. The van der Waals surface area contributed by atoms with Crippen LogP contribution in [0.25, 0.3) is 0 Å². The zero-order valence-electron chi connectivity index (χ0n) is 14.8. The Balaban J connectivity index is 1.52. The summed E-state index contributed by atoms with van der Waals surface area (Å²) in [5, 5.41) is 3.01. The maximum Gasteiger partial charge on any atom is 0.243 e. The molecule has 0 bridgehead atoms. The fraction of sp³-hybridized carbons (Fsp3) is 0.421. The largest absolute Gasteiger partial charge is 0.469 e. The number of carbonyl (C=O) groups excluding carboxylic acids is 1. The van der Waals surface area contributed by atoms with Gasteiger partial charge in [-0.3, -0.25) is 4.79 Å². The molecule has 1 fully saturated rings. The third-order valence-corrected chi connectivity index (χ3v) is 6.59. The summed E-state index contributed by atoms with van der Waals surface area (Å²) in [6.07, 6.45) is 3.32. The lowest BCUT2D eigenvalue weighted by molar-refractivity contribution is -0.126. The van der Waals surface area contributed by atoms with Gasteiger partial charge in [0.15, 0.2) is 0 Å². The fourth-order valence-electron chi connectivity index (χ4n) is 3.24. The molecule has 1 aliphatic rings. The van der Waals surface area contributed by atoms with Crippen molar-refractivity contribution in [1.29, 1.82) is 0 Å². The van der Waals surface area contributed by atoms with Gasteiger partial charge in [-0.1, -0.05) is 18.2 Å². The molecule has 140 valence electrons. The molecular weight excluding hydrogens is 352 g/mol. The van der Waals surface area contributed by atoms with Gasteiger partial charge >= 0.3 is 0 Å². The second kappa shape index (κ2) is 8.05. The van der Waals surface area contributed by atoms with E-state index in [1.807, 2.05) is 19.1 Å². The number of piperidine rings is 1. The van der Waals surface area contributed by atoms with E-state index in [9.17, 15) is 13.2 Å². The number of benzene rings is 1. The van der Waals surface area contributed by atoms with Crippen molar-refractivity contribution in [1.82, 2.24) is 9.62 Å². The van der Waals surface area contributed by atoms with Crippen LogP contribution in [0.5, 0.6) is 0 Å². The molecular formula is C19H24N2O4S. The van der Waals surface area contributed by atoms with Gasteiger partial charge in [-0.2, -0.15) is 4.31 Å². The van der Waals surface area contributed by atoms with Crippen molar-refractivity contribution in [3.05, 3.63) is 54.5 Å². The highest BCUT2D eigenvalue weighted by Gasteiger charge is 2.32. The molecule has 3 rings (SSSR count). The van der Waals surface area contributed by atoms with E-state index in [0.29, 0.717) is 37.2 Å². The quantitative estimate of drug-likeness (QED) is 0.840. The van der Waals surface area contributed by atoms with Crippen LogP contribution in [0.4, 0.5) is 0 Å². The number of hydrogen-bond acceptors (Lipinski definition) is 4. The number of nitrogens with zero attached hydrogens (tertiary/aromatic N) is 1. The van der Waals surface area contributed by atoms with Crippen LogP contribution in [0.3, 0.4) is 0 Å². The number of rotatable bonds is 6. The Morgan fingerprint density at radius 3 is 2.50 bits per heavy atom. The van der Waals surface area contributed by atoms with E-state index in [-0.39, 0.29) is 17.9 Å². The Morgan fingerprint density at radius 1 is 1.19 bits per heavy atom. The Bertz CT molecular complexity index is 810. The minimum atomic E-state index is -3.48. The van der Waals surface area contributed by atoms with Crippen LogP contribution in [0.15, 0.2) is 58.0 Å². The standard InChI is InChI=1S/C19H24N2O4S/c1-15(14-17-6-5-13-25-17)20-19(22)16-9-11-21(12-10-16)26(23,24)18-7-3-2-4-8-18/h2-8,13,15-16H,9-12,14H2,1H3,(H,20,22). The first-order valence-corrected chi connectivity index (χ1v) is 10.3. The van der Waals surface area contributed by atoms with Gasteiger partial charge in [0.1, 0.15) is 5.76 Å². The van der Waals surface area contributed by atoms with Crippen molar-refractivity contribution >= 4 is 15.9 Å².